The van der Waals surface area contributed by atoms with Crippen molar-refractivity contribution < 1.29 is 24.2 Å². The summed E-state index contributed by atoms with van der Waals surface area (Å²) in [4.78, 5) is 36.3. The summed E-state index contributed by atoms with van der Waals surface area (Å²) < 4.78 is 4.56. The number of carbonyl (C=O) groups excluding carboxylic acids is 2. The minimum atomic E-state index is -1.11. The number of urea groups is 1. The highest BCUT2D eigenvalue weighted by molar-refractivity contribution is 5.81. The molecule has 1 unspecified atom stereocenters. The van der Waals surface area contributed by atoms with E-state index in [1.165, 1.54) is 25.1 Å². The van der Waals surface area contributed by atoms with Crippen molar-refractivity contribution in [1.29, 1.82) is 0 Å². The first-order valence-corrected chi connectivity index (χ1v) is 5.74. The molecular formula is C12H20N2O5. The highest BCUT2D eigenvalue weighted by atomic mass is 16.5. The number of methoxy groups -OCH3 is 1. The molecule has 0 heterocycles. The molecule has 1 N–H and O–H groups in total. The molecule has 0 aliphatic rings. The smallest absolute Gasteiger partial charge is 0.323 e. The Hall–Kier alpha value is -2.05. The summed E-state index contributed by atoms with van der Waals surface area (Å²) >= 11 is 0. The Morgan fingerprint density at radius 2 is 2.00 bits per heavy atom. The Kier molecular flexibility index (Phi) is 7.25. The lowest BCUT2D eigenvalue weighted by Gasteiger charge is -2.27. The molecule has 0 aromatic carbocycles. The van der Waals surface area contributed by atoms with Gasteiger partial charge in [-0.1, -0.05) is 13.0 Å². The van der Waals surface area contributed by atoms with Gasteiger partial charge in [0.15, 0.2) is 0 Å². The fourth-order valence-electron chi connectivity index (χ4n) is 1.54. The Bertz CT molecular complexity index is 356. The van der Waals surface area contributed by atoms with Crippen molar-refractivity contribution in [2.24, 2.45) is 5.92 Å². The van der Waals surface area contributed by atoms with Crippen molar-refractivity contribution in [3.05, 3.63) is 12.7 Å². The first-order chi connectivity index (χ1) is 8.83. The van der Waals surface area contributed by atoms with Crippen LogP contribution in [0.15, 0.2) is 12.7 Å². The van der Waals surface area contributed by atoms with Crippen LogP contribution in [0.3, 0.4) is 0 Å². The molecule has 108 valence electrons. The van der Waals surface area contributed by atoms with Crippen LogP contribution in [0.1, 0.15) is 6.92 Å². The van der Waals surface area contributed by atoms with E-state index in [0.29, 0.717) is 0 Å². The van der Waals surface area contributed by atoms with E-state index < -0.39 is 30.4 Å². The van der Waals surface area contributed by atoms with Crippen LogP contribution in [-0.4, -0.2) is 66.7 Å². The Balaban J connectivity index is 4.61. The summed E-state index contributed by atoms with van der Waals surface area (Å²) in [6.07, 6.45) is 1.44. The predicted molar refractivity (Wildman–Crippen MR) is 68.6 cm³/mol. The summed E-state index contributed by atoms with van der Waals surface area (Å²) in [6.45, 7) is 4.97. The molecule has 2 amide bonds. The molecule has 0 aromatic rings. The fraction of sp³-hybridized carbons (Fsp3) is 0.583. The van der Waals surface area contributed by atoms with Crippen LogP contribution < -0.4 is 0 Å². The predicted octanol–water partition coefficient (Wildman–Crippen LogP) is 0.420. The van der Waals surface area contributed by atoms with Crippen LogP contribution in [0.5, 0.6) is 0 Å². The van der Waals surface area contributed by atoms with E-state index in [4.69, 9.17) is 5.11 Å². The molecule has 0 rings (SSSR count). The molecule has 0 spiro atoms. The molecule has 19 heavy (non-hydrogen) atoms. The number of carbonyl (C=O) groups is 3. The fourth-order valence-corrected chi connectivity index (χ4v) is 1.54. The lowest BCUT2D eigenvalue weighted by atomic mass is 10.2. The molecule has 0 aliphatic heterocycles. The van der Waals surface area contributed by atoms with E-state index in [1.54, 1.807) is 6.92 Å². The highest BCUT2D eigenvalue weighted by Crippen LogP contribution is 2.04. The first-order valence-electron chi connectivity index (χ1n) is 5.74. The Morgan fingerprint density at radius 3 is 2.42 bits per heavy atom. The summed E-state index contributed by atoms with van der Waals surface area (Å²) in [5, 5.41) is 8.73. The van der Waals surface area contributed by atoms with Gasteiger partial charge in [-0.25, -0.2) is 4.79 Å². The van der Waals surface area contributed by atoms with Gasteiger partial charge in [-0.15, -0.1) is 6.58 Å². The van der Waals surface area contributed by atoms with Gasteiger partial charge < -0.3 is 19.6 Å². The first kappa shape index (κ1) is 16.9. The summed E-state index contributed by atoms with van der Waals surface area (Å²) in [6, 6.07) is -0.474. The van der Waals surface area contributed by atoms with Gasteiger partial charge in [-0.2, -0.15) is 0 Å². The van der Waals surface area contributed by atoms with Gasteiger partial charge in [-0.3, -0.25) is 9.59 Å². The lowest BCUT2D eigenvalue weighted by molar-refractivity contribution is -0.145. The minimum Gasteiger partial charge on any atom is -0.480 e. The van der Waals surface area contributed by atoms with Crippen LogP contribution in [0.25, 0.3) is 0 Å². The molecule has 0 fully saturated rings. The van der Waals surface area contributed by atoms with Crippen molar-refractivity contribution in [2.75, 3.05) is 33.8 Å². The molecule has 0 aliphatic carbocycles. The Labute approximate surface area is 112 Å². The molecular weight excluding hydrogens is 252 g/mol. The lowest BCUT2D eigenvalue weighted by Crippen LogP contribution is -2.45. The highest BCUT2D eigenvalue weighted by Gasteiger charge is 2.23. The maximum atomic E-state index is 12.0. The van der Waals surface area contributed by atoms with Gasteiger partial charge in [0.1, 0.15) is 6.54 Å². The van der Waals surface area contributed by atoms with Crippen LogP contribution >= 0.6 is 0 Å². The summed E-state index contributed by atoms with van der Waals surface area (Å²) in [5.41, 5.74) is 0. The zero-order valence-corrected chi connectivity index (χ0v) is 11.5. The topological polar surface area (TPSA) is 87.2 Å². The van der Waals surface area contributed by atoms with Gasteiger partial charge in [0.2, 0.25) is 0 Å². The Morgan fingerprint density at radius 1 is 1.42 bits per heavy atom. The number of amides is 2. The monoisotopic (exact) mass is 272 g/mol. The van der Waals surface area contributed by atoms with E-state index in [-0.39, 0.29) is 13.1 Å². The van der Waals surface area contributed by atoms with E-state index >= 15 is 0 Å². The molecule has 0 radical (unpaired) electrons. The second-order valence-corrected chi connectivity index (χ2v) is 4.15. The van der Waals surface area contributed by atoms with Crippen molar-refractivity contribution >= 4 is 18.0 Å². The molecule has 7 heteroatoms. The van der Waals surface area contributed by atoms with Crippen LogP contribution in [0.2, 0.25) is 0 Å². The third-order valence-corrected chi connectivity index (χ3v) is 2.42. The van der Waals surface area contributed by atoms with Crippen molar-refractivity contribution in [3.63, 3.8) is 0 Å². The molecule has 0 saturated heterocycles. The number of aliphatic carboxylic acids is 1. The number of rotatable bonds is 7. The van der Waals surface area contributed by atoms with Gasteiger partial charge >= 0.3 is 18.0 Å². The number of esters is 1. The zero-order valence-electron chi connectivity index (χ0n) is 11.5. The van der Waals surface area contributed by atoms with Crippen LogP contribution in [-0.2, 0) is 14.3 Å². The van der Waals surface area contributed by atoms with E-state index in [9.17, 15) is 14.4 Å². The maximum Gasteiger partial charge on any atom is 0.323 e. The molecule has 0 aromatic heterocycles. The van der Waals surface area contributed by atoms with Crippen molar-refractivity contribution in [2.45, 2.75) is 6.92 Å². The largest absolute Gasteiger partial charge is 0.480 e. The molecule has 7 nitrogen and oxygen atoms in total. The van der Waals surface area contributed by atoms with E-state index in [0.717, 1.165) is 4.90 Å². The quantitative estimate of drug-likeness (QED) is 0.536. The van der Waals surface area contributed by atoms with Crippen LogP contribution in [0.4, 0.5) is 4.79 Å². The number of ether oxygens (including phenoxy) is 1. The second kappa shape index (κ2) is 8.12. The van der Waals surface area contributed by atoms with Crippen molar-refractivity contribution in [3.8, 4) is 0 Å². The minimum absolute atomic E-state index is 0.127. The average Bonchev–Trinajstić information content (AvgIpc) is 2.35. The number of carboxylic acid groups (broad SMARTS) is 1. The van der Waals surface area contributed by atoms with E-state index in [1.807, 2.05) is 0 Å². The van der Waals surface area contributed by atoms with E-state index in [2.05, 4.69) is 11.3 Å². The number of hydrogen-bond donors (Lipinski definition) is 1. The summed E-state index contributed by atoms with van der Waals surface area (Å²) in [7, 11) is 2.77. The van der Waals surface area contributed by atoms with Gasteiger partial charge in [0, 0.05) is 20.1 Å². The van der Waals surface area contributed by atoms with Crippen molar-refractivity contribution in [1.82, 2.24) is 9.80 Å². The van der Waals surface area contributed by atoms with Gasteiger partial charge in [0.25, 0.3) is 0 Å². The standard InChI is InChI=1S/C12H20N2O5/c1-5-6-14(8-10(15)16)12(18)13(3)7-9(2)11(17)19-4/h5,9H,1,6-8H2,2-4H3,(H,15,16). The molecule has 0 saturated carbocycles. The van der Waals surface area contributed by atoms with Gasteiger partial charge in [-0.05, 0) is 0 Å². The maximum absolute atomic E-state index is 12.0. The number of nitrogens with zero attached hydrogens (tertiary/aromatic N) is 2. The second-order valence-electron chi connectivity index (χ2n) is 4.15. The normalized spacial score (nSPS) is 11.3. The third kappa shape index (κ3) is 5.89. The van der Waals surface area contributed by atoms with Gasteiger partial charge in [0.05, 0.1) is 13.0 Å². The SMILES string of the molecule is C=CCN(CC(=O)O)C(=O)N(C)CC(C)C(=O)OC. The zero-order chi connectivity index (χ0) is 15.0. The third-order valence-electron chi connectivity index (χ3n) is 2.42. The molecule has 0 bridgehead atoms. The average molecular weight is 272 g/mol. The molecule has 1 atom stereocenters. The summed E-state index contributed by atoms with van der Waals surface area (Å²) in [5.74, 6) is -2.01. The number of carboxylic acids is 1. The van der Waals surface area contributed by atoms with Crippen LogP contribution in [0, 0.1) is 5.92 Å². The number of hydrogen-bond acceptors (Lipinski definition) is 4.